The number of thiazole rings is 1. The van der Waals surface area contributed by atoms with Crippen molar-refractivity contribution in [1.82, 2.24) is 15.3 Å². The van der Waals surface area contributed by atoms with Gasteiger partial charge in [0.15, 0.2) is 0 Å². The number of aromatic amines is 1. The molecule has 9 nitrogen and oxygen atoms in total. The van der Waals surface area contributed by atoms with Gasteiger partial charge in [-0.2, -0.15) is 4.98 Å². The number of hydrogen-bond donors (Lipinski definition) is 3. The third kappa shape index (κ3) is 4.71. The van der Waals surface area contributed by atoms with Crippen molar-refractivity contribution in [3.63, 3.8) is 0 Å². The zero-order valence-electron chi connectivity index (χ0n) is 16.6. The fraction of sp³-hybridized carbons (Fsp3) is 0.250. The number of nitrogens with zero attached hydrogens (tertiary/aromatic N) is 1. The van der Waals surface area contributed by atoms with Gasteiger partial charge in [-0.05, 0) is 23.8 Å². The molecule has 0 fully saturated rings. The smallest absolute Gasteiger partial charge is 0.307 e. The number of aromatic nitrogens is 2. The standard InChI is InChI=1S/C20H21N3O6S/c1-27-14-6-4-11(9-15-18(25)23-20(26)30-15)8-12(14)10-21-17(24)13-5-7-16(28-2)22-19(13)29-3/h4-8,25H,9-10H2,1-3H3,(H,21,24)(H,23,26). The molecule has 2 heterocycles. The highest BCUT2D eigenvalue weighted by Gasteiger charge is 2.16. The molecule has 0 aliphatic carbocycles. The van der Waals surface area contributed by atoms with Crippen molar-refractivity contribution in [3.8, 4) is 23.4 Å². The Kier molecular flexibility index (Phi) is 6.58. The minimum Gasteiger partial charge on any atom is -0.496 e. The summed E-state index contributed by atoms with van der Waals surface area (Å²) in [5.41, 5.74) is 1.87. The lowest BCUT2D eigenvalue weighted by atomic mass is 10.1. The van der Waals surface area contributed by atoms with E-state index in [1.165, 1.54) is 14.2 Å². The van der Waals surface area contributed by atoms with Gasteiger partial charge in [0.25, 0.3) is 5.91 Å². The summed E-state index contributed by atoms with van der Waals surface area (Å²) in [5.74, 6) is 0.606. The lowest BCUT2D eigenvalue weighted by Crippen LogP contribution is -2.24. The van der Waals surface area contributed by atoms with Crippen LogP contribution in [0, 0.1) is 0 Å². The summed E-state index contributed by atoms with van der Waals surface area (Å²) >= 11 is 0.954. The van der Waals surface area contributed by atoms with Crippen LogP contribution in [0.3, 0.4) is 0 Å². The fourth-order valence-electron chi connectivity index (χ4n) is 2.87. The van der Waals surface area contributed by atoms with Gasteiger partial charge in [-0.1, -0.05) is 17.4 Å². The molecular formula is C20H21N3O6S. The van der Waals surface area contributed by atoms with E-state index in [0.29, 0.717) is 22.9 Å². The molecule has 0 aliphatic heterocycles. The monoisotopic (exact) mass is 431 g/mol. The first-order valence-electron chi connectivity index (χ1n) is 8.89. The molecule has 0 saturated heterocycles. The second kappa shape index (κ2) is 9.31. The van der Waals surface area contributed by atoms with Crippen molar-refractivity contribution in [2.24, 2.45) is 0 Å². The van der Waals surface area contributed by atoms with Crippen molar-refractivity contribution < 1.29 is 24.1 Å². The zero-order valence-corrected chi connectivity index (χ0v) is 17.5. The highest BCUT2D eigenvalue weighted by atomic mass is 32.1. The van der Waals surface area contributed by atoms with Crippen LogP contribution in [-0.4, -0.2) is 42.3 Å². The van der Waals surface area contributed by atoms with E-state index in [0.717, 1.165) is 22.5 Å². The number of hydrogen-bond acceptors (Lipinski definition) is 8. The molecule has 0 atom stereocenters. The molecule has 3 aromatic rings. The normalized spacial score (nSPS) is 10.5. The summed E-state index contributed by atoms with van der Waals surface area (Å²) < 4.78 is 15.6. The Hall–Kier alpha value is -3.53. The predicted molar refractivity (Wildman–Crippen MR) is 111 cm³/mol. The molecule has 30 heavy (non-hydrogen) atoms. The number of H-pyrrole nitrogens is 1. The first-order valence-corrected chi connectivity index (χ1v) is 9.70. The van der Waals surface area contributed by atoms with Gasteiger partial charge in [-0.15, -0.1) is 0 Å². The van der Waals surface area contributed by atoms with Crippen LogP contribution in [0.4, 0.5) is 0 Å². The molecule has 0 unspecified atom stereocenters. The Morgan fingerprint density at radius 3 is 2.60 bits per heavy atom. The molecule has 1 amide bonds. The van der Waals surface area contributed by atoms with E-state index in [-0.39, 0.29) is 34.6 Å². The quantitative estimate of drug-likeness (QED) is 0.499. The zero-order chi connectivity index (χ0) is 21.7. The van der Waals surface area contributed by atoms with Crippen molar-refractivity contribution in [3.05, 3.63) is 61.6 Å². The molecule has 0 spiro atoms. The lowest BCUT2D eigenvalue weighted by Gasteiger charge is -2.13. The van der Waals surface area contributed by atoms with Crippen LogP contribution in [0.15, 0.2) is 35.1 Å². The van der Waals surface area contributed by atoms with Gasteiger partial charge >= 0.3 is 4.87 Å². The minimum atomic E-state index is -0.365. The molecule has 158 valence electrons. The van der Waals surface area contributed by atoms with E-state index in [1.807, 2.05) is 12.1 Å². The van der Waals surface area contributed by atoms with E-state index in [2.05, 4.69) is 15.3 Å². The number of nitrogens with one attached hydrogen (secondary N) is 2. The van der Waals surface area contributed by atoms with Crippen LogP contribution in [-0.2, 0) is 13.0 Å². The van der Waals surface area contributed by atoms with Crippen molar-refractivity contribution in [1.29, 1.82) is 0 Å². The van der Waals surface area contributed by atoms with E-state index in [4.69, 9.17) is 14.2 Å². The lowest BCUT2D eigenvalue weighted by molar-refractivity contribution is 0.0946. The molecule has 0 bridgehead atoms. The molecule has 10 heteroatoms. The van der Waals surface area contributed by atoms with E-state index < -0.39 is 0 Å². The molecule has 0 radical (unpaired) electrons. The fourth-order valence-corrected chi connectivity index (χ4v) is 3.63. The topological polar surface area (TPSA) is 123 Å². The molecule has 1 aromatic carbocycles. The van der Waals surface area contributed by atoms with Gasteiger partial charge in [-0.25, -0.2) is 0 Å². The molecule has 3 rings (SSSR count). The van der Waals surface area contributed by atoms with Crippen LogP contribution in [0.25, 0.3) is 0 Å². The number of methoxy groups -OCH3 is 3. The molecule has 0 saturated carbocycles. The summed E-state index contributed by atoms with van der Waals surface area (Å²) in [6.45, 7) is 0.195. The summed E-state index contributed by atoms with van der Waals surface area (Å²) in [6, 6.07) is 8.62. The summed E-state index contributed by atoms with van der Waals surface area (Å²) in [6.07, 6.45) is 0.371. The highest BCUT2D eigenvalue weighted by Crippen LogP contribution is 2.25. The predicted octanol–water partition coefficient (Wildman–Crippen LogP) is 2.08. The van der Waals surface area contributed by atoms with Crippen LogP contribution < -0.4 is 24.4 Å². The maximum Gasteiger partial charge on any atom is 0.307 e. The SMILES string of the molecule is COc1ccc(C(=O)NCc2cc(Cc3sc(=O)[nH]c3O)ccc2OC)c(OC)n1. The van der Waals surface area contributed by atoms with Crippen molar-refractivity contribution in [2.75, 3.05) is 21.3 Å². The van der Waals surface area contributed by atoms with Gasteiger partial charge < -0.3 is 24.6 Å². The Morgan fingerprint density at radius 2 is 1.97 bits per heavy atom. The largest absolute Gasteiger partial charge is 0.496 e. The number of rotatable bonds is 8. The van der Waals surface area contributed by atoms with E-state index in [9.17, 15) is 14.7 Å². The third-order valence-corrected chi connectivity index (χ3v) is 5.20. The van der Waals surface area contributed by atoms with E-state index in [1.54, 1.807) is 25.3 Å². The van der Waals surface area contributed by atoms with Crippen molar-refractivity contribution >= 4 is 17.2 Å². The van der Waals surface area contributed by atoms with Gasteiger partial charge in [0.1, 0.15) is 11.3 Å². The number of carbonyl (C=O) groups excluding carboxylic acids is 1. The first kappa shape index (κ1) is 21.2. The number of ether oxygens (including phenoxy) is 3. The van der Waals surface area contributed by atoms with Gasteiger partial charge in [0.05, 0.1) is 26.2 Å². The second-order valence-electron chi connectivity index (χ2n) is 6.20. The Balaban J connectivity index is 1.78. The molecule has 3 N–H and O–H groups in total. The number of benzene rings is 1. The van der Waals surface area contributed by atoms with Crippen LogP contribution in [0.5, 0.6) is 23.4 Å². The number of carbonyl (C=O) groups is 1. The average molecular weight is 431 g/mol. The van der Waals surface area contributed by atoms with Crippen LogP contribution >= 0.6 is 11.3 Å². The van der Waals surface area contributed by atoms with Crippen LogP contribution in [0.1, 0.15) is 26.4 Å². The number of aromatic hydroxyl groups is 1. The summed E-state index contributed by atoms with van der Waals surface area (Å²) in [7, 11) is 4.45. The van der Waals surface area contributed by atoms with Crippen LogP contribution in [0.2, 0.25) is 0 Å². The summed E-state index contributed by atoms with van der Waals surface area (Å²) in [5, 5.41) is 12.6. The molecular weight excluding hydrogens is 410 g/mol. The van der Waals surface area contributed by atoms with Gasteiger partial charge in [-0.3, -0.25) is 14.6 Å². The Labute approximate surface area is 176 Å². The Morgan fingerprint density at radius 1 is 1.17 bits per heavy atom. The maximum absolute atomic E-state index is 12.6. The van der Waals surface area contributed by atoms with E-state index >= 15 is 0 Å². The minimum absolute atomic E-state index is 0.130. The number of amides is 1. The maximum atomic E-state index is 12.6. The summed E-state index contributed by atoms with van der Waals surface area (Å²) in [4.78, 5) is 30.7. The highest BCUT2D eigenvalue weighted by molar-refractivity contribution is 7.09. The third-order valence-electron chi connectivity index (χ3n) is 4.33. The number of pyridine rings is 1. The average Bonchev–Trinajstić information content (AvgIpc) is 3.07. The molecule has 0 aliphatic rings. The first-order chi connectivity index (χ1) is 14.4. The Bertz CT molecular complexity index is 1110. The second-order valence-corrected chi connectivity index (χ2v) is 7.27. The molecule has 2 aromatic heterocycles. The van der Waals surface area contributed by atoms with Gasteiger partial charge in [0.2, 0.25) is 17.6 Å². The van der Waals surface area contributed by atoms with Gasteiger partial charge in [0, 0.05) is 24.6 Å². The van der Waals surface area contributed by atoms with Crippen molar-refractivity contribution in [2.45, 2.75) is 13.0 Å².